The Hall–Kier alpha value is -3.30. The summed E-state index contributed by atoms with van der Waals surface area (Å²) in [5.74, 6) is 0.170. The van der Waals surface area contributed by atoms with Crippen LogP contribution in [0.3, 0.4) is 0 Å². The molecule has 1 aliphatic heterocycles. The molecule has 0 atom stereocenters. The van der Waals surface area contributed by atoms with Crippen LogP contribution in [0.5, 0.6) is 0 Å². The highest BCUT2D eigenvalue weighted by molar-refractivity contribution is 5.98. The van der Waals surface area contributed by atoms with Gasteiger partial charge in [-0.25, -0.2) is 23.9 Å². The van der Waals surface area contributed by atoms with Crippen molar-refractivity contribution in [2.45, 2.75) is 6.54 Å². The zero-order valence-corrected chi connectivity index (χ0v) is 15.0. The first-order valence-corrected chi connectivity index (χ1v) is 8.82. The molecule has 0 fully saturated rings. The highest BCUT2D eigenvalue weighted by Crippen LogP contribution is 2.41. The van der Waals surface area contributed by atoms with Gasteiger partial charge in [0.2, 0.25) is 0 Å². The van der Waals surface area contributed by atoms with E-state index in [1.54, 1.807) is 34.2 Å². The summed E-state index contributed by atoms with van der Waals surface area (Å²) in [7, 11) is 0. The van der Waals surface area contributed by atoms with Crippen molar-refractivity contribution in [1.82, 2.24) is 19.8 Å². The summed E-state index contributed by atoms with van der Waals surface area (Å²) in [6.45, 7) is 1.12. The number of aliphatic hydroxyl groups excluding tert-OH is 1. The Labute approximate surface area is 160 Å². The molecule has 2 amide bonds. The van der Waals surface area contributed by atoms with Gasteiger partial charge in [-0.1, -0.05) is 0 Å². The molecule has 144 valence electrons. The Morgan fingerprint density at radius 2 is 1.82 bits per heavy atom. The van der Waals surface area contributed by atoms with Crippen LogP contribution < -0.4 is 10.7 Å². The predicted molar refractivity (Wildman–Crippen MR) is 102 cm³/mol. The molecule has 28 heavy (non-hydrogen) atoms. The van der Waals surface area contributed by atoms with Crippen LogP contribution in [0.15, 0.2) is 48.8 Å². The predicted octanol–water partition coefficient (Wildman–Crippen LogP) is 1.86. The van der Waals surface area contributed by atoms with Crippen LogP contribution in [0.1, 0.15) is 0 Å². The second-order valence-corrected chi connectivity index (χ2v) is 6.34. The van der Waals surface area contributed by atoms with Crippen molar-refractivity contribution >= 4 is 11.8 Å². The first-order chi connectivity index (χ1) is 13.6. The number of benzene rings is 1. The number of carbonyl (C=O) groups excluding carboxylic acids is 1. The van der Waals surface area contributed by atoms with Gasteiger partial charge in [0.15, 0.2) is 5.82 Å². The molecule has 0 spiro atoms. The third-order valence-electron chi connectivity index (χ3n) is 4.63. The third kappa shape index (κ3) is 3.10. The molecule has 3 aromatic rings. The molecule has 3 N–H and O–H groups in total. The summed E-state index contributed by atoms with van der Waals surface area (Å²) >= 11 is 0. The van der Waals surface area contributed by atoms with Gasteiger partial charge in [-0.2, -0.15) is 5.10 Å². The smallest absolute Gasteiger partial charge is 0.335 e. The number of primary amides is 1. The van der Waals surface area contributed by atoms with Gasteiger partial charge in [0.25, 0.3) is 0 Å². The Bertz CT molecular complexity index is 990. The van der Waals surface area contributed by atoms with Crippen LogP contribution in [0.25, 0.3) is 22.4 Å². The molecule has 0 unspecified atom stereocenters. The molecule has 1 aliphatic rings. The molecule has 0 bridgehead atoms. The average Bonchev–Trinajstić information content (AvgIpc) is 3.08. The van der Waals surface area contributed by atoms with Crippen LogP contribution >= 0.6 is 0 Å². The normalized spacial score (nSPS) is 14.1. The largest absolute Gasteiger partial charge is 0.395 e. The number of fused-ring (bicyclic) bond motifs is 1. The minimum Gasteiger partial charge on any atom is -0.395 e. The number of carbonyl (C=O) groups is 1. The zero-order valence-electron chi connectivity index (χ0n) is 15.0. The summed E-state index contributed by atoms with van der Waals surface area (Å²) in [4.78, 5) is 16.4. The maximum absolute atomic E-state index is 13.4. The molecule has 1 aromatic carbocycles. The summed E-state index contributed by atoms with van der Waals surface area (Å²) in [6, 6.07) is 8.99. The van der Waals surface area contributed by atoms with Crippen molar-refractivity contribution in [3.8, 4) is 22.4 Å². The molecule has 0 radical (unpaired) electrons. The van der Waals surface area contributed by atoms with E-state index in [1.165, 1.54) is 17.1 Å². The molecule has 3 heterocycles. The Balaban J connectivity index is 1.96. The first kappa shape index (κ1) is 18.1. The lowest BCUT2D eigenvalue weighted by molar-refractivity contribution is 0.162. The molecular weight excluding hydrogens is 363 g/mol. The van der Waals surface area contributed by atoms with Gasteiger partial charge in [0.1, 0.15) is 11.5 Å². The Morgan fingerprint density at radius 3 is 2.46 bits per heavy atom. The Morgan fingerprint density at radius 1 is 1.11 bits per heavy atom. The van der Waals surface area contributed by atoms with Crippen LogP contribution in [-0.4, -0.2) is 50.6 Å². The summed E-state index contributed by atoms with van der Waals surface area (Å²) < 4.78 is 15.1. The van der Waals surface area contributed by atoms with E-state index in [1.807, 2.05) is 12.1 Å². The van der Waals surface area contributed by atoms with Crippen molar-refractivity contribution in [2.75, 3.05) is 24.7 Å². The number of nitrogens with two attached hydrogens (primary N) is 1. The summed E-state index contributed by atoms with van der Waals surface area (Å²) in [5.41, 5.74) is 8.49. The number of β-amino-alcohol motifs (C(OH)–C–C–N with tert-alkyl or cyclic N) is 1. The molecular formula is C19H19FN6O2. The van der Waals surface area contributed by atoms with E-state index >= 15 is 0 Å². The standard InChI is InChI=1S/C19H19FN6O2/c20-15-3-1-14(2-4-15)17-16(13-5-7-22-8-6-13)18-25(23-17)10-9-24(11-12-27)26(18)19(21)28/h1-8,27H,9-12H2,(H2,21,28). The van der Waals surface area contributed by atoms with Crippen LogP contribution in [0, 0.1) is 5.82 Å². The lowest BCUT2D eigenvalue weighted by Crippen LogP contribution is -2.55. The van der Waals surface area contributed by atoms with Crippen molar-refractivity contribution in [3.63, 3.8) is 0 Å². The number of hydrazine groups is 1. The number of aliphatic hydroxyl groups is 1. The topological polar surface area (TPSA) is 101 Å². The Kier molecular flexibility index (Phi) is 4.76. The van der Waals surface area contributed by atoms with Crippen LogP contribution in [0.2, 0.25) is 0 Å². The van der Waals surface area contributed by atoms with E-state index in [0.717, 1.165) is 5.56 Å². The fourth-order valence-corrected chi connectivity index (χ4v) is 3.43. The first-order valence-electron chi connectivity index (χ1n) is 8.82. The minimum atomic E-state index is -0.671. The highest BCUT2D eigenvalue weighted by Gasteiger charge is 2.34. The molecule has 4 rings (SSSR count). The summed E-state index contributed by atoms with van der Waals surface area (Å²) in [6.07, 6.45) is 3.30. The van der Waals surface area contributed by atoms with E-state index in [4.69, 9.17) is 5.73 Å². The van der Waals surface area contributed by atoms with Crippen molar-refractivity contribution < 1.29 is 14.3 Å². The molecule has 0 aliphatic carbocycles. The highest BCUT2D eigenvalue weighted by atomic mass is 19.1. The second kappa shape index (κ2) is 7.37. The molecule has 0 saturated heterocycles. The number of anilines is 1. The fraction of sp³-hybridized carbons (Fsp3) is 0.211. The van der Waals surface area contributed by atoms with Gasteiger partial charge in [-0.3, -0.25) is 4.98 Å². The van der Waals surface area contributed by atoms with Gasteiger partial charge in [-0.15, -0.1) is 0 Å². The molecule has 8 nitrogen and oxygen atoms in total. The van der Waals surface area contributed by atoms with Crippen LogP contribution in [-0.2, 0) is 6.54 Å². The quantitative estimate of drug-likeness (QED) is 0.717. The number of pyridine rings is 1. The number of hydrogen-bond donors (Lipinski definition) is 2. The van der Waals surface area contributed by atoms with E-state index in [-0.39, 0.29) is 19.0 Å². The molecule has 9 heteroatoms. The van der Waals surface area contributed by atoms with E-state index in [9.17, 15) is 14.3 Å². The monoisotopic (exact) mass is 382 g/mol. The van der Waals surface area contributed by atoms with E-state index in [0.29, 0.717) is 35.7 Å². The number of halogens is 1. The van der Waals surface area contributed by atoms with Gasteiger partial charge in [-0.05, 0) is 42.0 Å². The van der Waals surface area contributed by atoms with Crippen LogP contribution in [0.4, 0.5) is 15.0 Å². The number of urea groups is 1. The maximum Gasteiger partial charge on any atom is 0.335 e. The zero-order chi connectivity index (χ0) is 19.7. The van der Waals surface area contributed by atoms with Gasteiger partial charge in [0, 0.05) is 31.0 Å². The SMILES string of the molecule is NC(=O)N1c2c(-c3ccncc3)c(-c3ccc(F)cc3)nn2CCN1CCO. The van der Waals surface area contributed by atoms with E-state index < -0.39 is 6.03 Å². The minimum absolute atomic E-state index is 0.118. The van der Waals surface area contributed by atoms with Crippen molar-refractivity contribution in [3.05, 3.63) is 54.6 Å². The number of aromatic nitrogens is 3. The number of hydrogen-bond acceptors (Lipinski definition) is 5. The van der Waals surface area contributed by atoms with Gasteiger partial charge < -0.3 is 10.8 Å². The van der Waals surface area contributed by atoms with Crippen molar-refractivity contribution in [2.24, 2.45) is 5.73 Å². The fourth-order valence-electron chi connectivity index (χ4n) is 3.43. The number of rotatable bonds is 4. The van der Waals surface area contributed by atoms with E-state index in [2.05, 4.69) is 10.1 Å². The average molecular weight is 382 g/mol. The summed E-state index contributed by atoms with van der Waals surface area (Å²) in [5, 5.41) is 17.1. The second-order valence-electron chi connectivity index (χ2n) is 6.34. The van der Waals surface area contributed by atoms with Gasteiger partial charge >= 0.3 is 6.03 Å². The maximum atomic E-state index is 13.4. The number of nitrogens with zero attached hydrogens (tertiary/aromatic N) is 5. The lowest BCUT2D eigenvalue weighted by atomic mass is 10.0. The van der Waals surface area contributed by atoms with Crippen molar-refractivity contribution in [1.29, 1.82) is 0 Å². The third-order valence-corrected chi connectivity index (χ3v) is 4.63. The molecule has 2 aromatic heterocycles. The number of amides is 2. The lowest BCUT2D eigenvalue weighted by Gasteiger charge is -2.37. The molecule has 0 saturated carbocycles. The van der Waals surface area contributed by atoms with Gasteiger partial charge in [0.05, 0.1) is 18.7 Å².